The lowest BCUT2D eigenvalue weighted by atomic mass is 10.00. The molecular weight excluding hydrogens is 274 g/mol. The van der Waals surface area contributed by atoms with Crippen LogP contribution in [0.25, 0.3) is 0 Å². The molecule has 0 radical (unpaired) electrons. The molecule has 2 unspecified atom stereocenters. The van der Waals surface area contributed by atoms with Crippen LogP contribution in [-0.2, 0) is 12.8 Å². The average Bonchev–Trinajstić information content (AvgIpc) is 2.55. The highest BCUT2D eigenvalue weighted by Crippen LogP contribution is 2.31. The number of hydrogen-bond donors (Lipinski definition) is 2. The molecule has 0 saturated heterocycles. The van der Waals surface area contributed by atoms with Gasteiger partial charge in [0.05, 0.1) is 0 Å². The molecule has 1 aliphatic rings. The first-order valence-corrected chi connectivity index (χ1v) is 7.96. The van der Waals surface area contributed by atoms with E-state index in [0.29, 0.717) is 18.4 Å². The van der Waals surface area contributed by atoms with Crippen molar-refractivity contribution in [3.05, 3.63) is 59.7 Å². The molecule has 2 atom stereocenters. The number of phenolic OH excluding ortho intramolecular Hbond substituents is 1. The number of aromatic hydroxyl groups is 1. The molecule has 0 bridgehead atoms. The first kappa shape index (κ1) is 14.9. The number of benzene rings is 2. The van der Waals surface area contributed by atoms with Crippen LogP contribution in [0, 0.1) is 0 Å². The van der Waals surface area contributed by atoms with E-state index in [0.717, 1.165) is 30.6 Å². The van der Waals surface area contributed by atoms with E-state index in [1.807, 2.05) is 12.1 Å². The third-order valence-electron chi connectivity index (χ3n) is 4.23. The van der Waals surface area contributed by atoms with Crippen molar-refractivity contribution in [2.24, 2.45) is 0 Å². The summed E-state index contributed by atoms with van der Waals surface area (Å²) in [4.78, 5) is 0. The molecule has 2 aromatic carbocycles. The van der Waals surface area contributed by atoms with Gasteiger partial charge in [0.2, 0.25) is 0 Å². The molecule has 2 N–H and O–H groups in total. The number of ether oxygens (including phenoxy) is 1. The third kappa shape index (κ3) is 3.60. The van der Waals surface area contributed by atoms with E-state index in [1.165, 1.54) is 5.56 Å². The zero-order valence-electron chi connectivity index (χ0n) is 13.0. The van der Waals surface area contributed by atoms with E-state index >= 15 is 0 Å². The van der Waals surface area contributed by atoms with Gasteiger partial charge < -0.3 is 15.2 Å². The second kappa shape index (κ2) is 6.84. The minimum absolute atomic E-state index is 0.256. The first-order valence-electron chi connectivity index (χ1n) is 7.96. The van der Waals surface area contributed by atoms with Crippen LogP contribution >= 0.6 is 0 Å². The summed E-state index contributed by atoms with van der Waals surface area (Å²) in [5.74, 6) is 1.15. The van der Waals surface area contributed by atoms with Gasteiger partial charge >= 0.3 is 0 Å². The molecule has 0 amide bonds. The predicted octanol–water partition coefficient (Wildman–Crippen LogP) is 3.31. The average molecular weight is 297 g/mol. The number of phenols is 1. The Morgan fingerprint density at radius 3 is 2.82 bits per heavy atom. The standard InChI is InChI=1S/C19H23NO2/c1-14(10-11-15-6-3-2-4-7-15)20-16-12-17-18(21)8-5-9-19(17)22-13-16/h2-9,14,16,20-21H,10-13H2,1H3. The summed E-state index contributed by atoms with van der Waals surface area (Å²) < 4.78 is 5.76. The Balaban J connectivity index is 1.52. The van der Waals surface area contributed by atoms with Crippen molar-refractivity contribution in [1.29, 1.82) is 0 Å². The number of hydrogen-bond acceptors (Lipinski definition) is 3. The van der Waals surface area contributed by atoms with E-state index in [1.54, 1.807) is 6.07 Å². The molecule has 3 nitrogen and oxygen atoms in total. The maximum absolute atomic E-state index is 9.95. The van der Waals surface area contributed by atoms with E-state index in [2.05, 4.69) is 42.6 Å². The zero-order chi connectivity index (χ0) is 15.4. The van der Waals surface area contributed by atoms with Crippen LogP contribution in [0.3, 0.4) is 0 Å². The molecule has 0 fully saturated rings. The highest BCUT2D eigenvalue weighted by atomic mass is 16.5. The number of nitrogens with one attached hydrogen (secondary N) is 1. The molecule has 1 heterocycles. The SMILES string of the molecule is CC(CCc1ccccc1)NC1COc2cccc(O)c2C1. The van der Waals surface area contributed by atoms with Gasteiger partial charge in [-0.25, -0.2) is 0 Å². The fourth-order valence-electron chi connectivity index (χ4n) is 3.01. The van der Waals surface area contributed by atoms with Crippen molar-refractivity contribution in [2.75, 3.05) is 6.61 Å². The Bertz CT molecular complexity index is 612. The van der Waals surface area contributed by atoms with Gasteiger partial charge in [-0.05, 0) is 43.9 Å². The molecule has 0 spiro atoms. The summed E-state index contributed by atoms with van der Waals surface area (Å²) in [6.45, 7) is 2.87. The number of aryl methyl sites for hydroxylation is 1. The first-order chi connectivity index (χ1) is 10.7. The van der Waals surface area contributed by atoms with Crippen LogP contribution in [0.1, 0.15) is 24.5 Å². The molecule has 0 saturated carbocycles. The number of fused-ring (bicyclic) bond motifs is 1. The van der Waals surface area contributed by atoms with Crippen molar-refractivity contribution >= 4 is 0 Å². The van der Waals surface area contributed by atoms with Crippen molar-refractivity contribution in [3.8, 4) is 11.5 Å². The summed E-state index contributed by atoms with van der Waals surface area (Å²) in [7, 11) is 0. The van der Waals surface area contributed by atoms with E-state index in [-0.39, 0.29) is 6.04 Å². The second-order valence-electron chi connectivity index (χ2n) is 6.06. The minimum atomic E-state index is 0.256. The lowest BCUT2D eigenvalue weighted by molar-refractivity contribution is 0.224. The normalized spacial score (nSPS) is 18.3. The van der Waals surface area contributed by atoms with Gasteiger partial charge in [-0.3, -0.25) is 0 Å². The van der Waals surface area contributed by atoms with E-state index in [9.17, 15) is 5.11 Å². The Kier molecular flexibility index (Phi) is 4.64. The molecule has 116 valence electrons. The third-order valence-corrected chi connectivity index (χ3v) is 4.23. The summed E-state index contributed by atoms with van der Waals surface area (Å²) in [5.41, 5.74) is 2.29. The molecule has 22 heavy (non-hydrogen) atoms. The van der Waals surface area contributed by atoms with Crippen molar-refractivity contribution in [3.63, 3.8) is 0 Å². The van der Waals surface area contributed by atoms with Crippen LogP contribution in [0.4, 0.5) is 0 Å². The van der Waals surface area contributed by atoms with Gasteiger partial charge in [-0.2, -0.15) is 0 Å². The van der Waals surface area contributed by atoms with Crippen LogP contribution in [-0.4, -0.2) is 23.8 Å². The fraction of sp³-hybridized carbons (Fsp3) is 0.368. The van der Waals surface area contributed by atoms with E-state index in [4.69, 9.17) is 4.74 Å². The topological polar surface area (TPSA) is 41.5 Å². The Morgan fingerprint density at radius 2 is 2.00 bits per heavy atom. The highest BCUT2D eigenvalue weighted by molar-refractivity contribution is 5.45. The molecular formula is C19H23NO2. The lowest BCUT2D eigenvalue weighted by Crippen LogP contribution is -2.44. The monoisotopic (exact) mass is 297 g/mol. The molecule has 3 rings (SSSR count). The van der Waals surface area contributed by atoms with Gasteiger partial charge in [-0.1, -0.05) is 36.4 Å². The maximum atomic E-state index is 9.95. The zero-order valence-corrected chi connectivity index (χ0v) is 13.0. The van der Waals surface area contributed by atoms with Crippen molar-refractivity contribution < 1.29 is 9.84 Å². The summed E-state index contributed by atoms with van der Waals surface area (Å²) in [6.07, 6.45) is 2.98. The minimum Gasteiger partial charge on any atom is -0.508 e. The molecule has 2 aromatic rings. The van der Waals surface area contributed by atoms with Gasteiger partial charge in [0, 0.05) is 17.6 Å². The quantitative estimate of drug-likeness (QED) is 0.889. The molecule has 0 aliphatic carbocycles. The van der Waals surface area contributed by atoms with Crippen LogP contribution in [0.15, 0.2) is 48.5 Å². The van der Waals surface area contributed by atoms with Crippen LogP contribution in [0.2, 0.25) is 0 Å². The Labute approximate surface area is 131 Å². The van der Waals surface area contributed by atoms with Crippen molar-refractivity contribution in [1.82, 2.24) is 5.32 Å². The van der Waals surface area contributed by atoms with Crippen LogP contribution < -0.4 is 10.1 Å². The summed E-state index contributed by atoms with van der Waals surface area (Å²) >= 11 is 0. The second-order valence-corrected chi connectivity index (χ2v) is 6.06. The largest absolute Gasteiger partial charge is 0.508 e. The summed E-state index contributed by atoms with van der Waals surface area (Å²) in [6, 6.07) is 16.7. The summed E-state index contributed by atoms with van der Waals surface area (Å²) in [5, 5.41) is 13.6. The van der Waals surface area contributed by atoms with Crippen molar-refractivity contribution in [2.45, 2.75) is 38.3 Å². The smallest absolute Gasteiger partial charge is 0.126 e. The van der Waals surface area contributed by atoms with Gasteiger partial charge in [0.15, 0.2) is 0 Å². The molecule has 0 aromatic heterocycles. The van der Waals surface area contributed by atoms with Gasteiger partial charge in [-0.15, -0.1) is 0 Å². The Morgan fingerprint density at radius 1 is 1.18 bits per heavy atom. The molecule has 3 heteroatoms. The fourth-order valence-corrected chi connectivity index (χ4v) is 3.01. The van der Waals surface area contributed by atoms with E-state index < -0.39 is 0 Å². The van der Waals surface area contributed by atoms with Gasteiger partial charge in [0.25, 0.3) is 0 Å². The Hall–Kier alpha value is -2.00. The van der Waals surface area contributed by atoms with Gasteiger partial charge in [0.1, 0.15) is 18.1 Å². The predicted molar refractivity (Wildman–Crippen MR) is 88.5 cm³/mol. The lowest BCUT2D eigenvalue weighted by Gasteiger charge is -2.29. The van der Waals surface area contributed by atoms with Crippen LogP contribution in [0.5, 0.6) is 11.5 Å². The molecule has 1 aliphatic heterocycles. The number of rotatable bonds is 5. The highest BCUT2D eigenvalue weighted by Gasteiger charge is 2.23. The maximum Gasteiger partial charge on any atom is 0.126 e.